The van der Waals surface area contributed by atoms with Crippen molar-refractivity contribution >= 4 is 29.3 Å². The number of methoxy groups -OCH3 is 1. The van der Waals surface area contributed by atoms with Gasteiger partial charge >= 0.3 is 12.1 Å². The lowest BCUT2D eigenvalue weighted by Crippen LogP contribution is -2.17. The predicted molar refractivity (Wildman–Crippen MR) is 77.1 cm³/mol. The molecular formula is C14H18N2O5. The average Bonchev–Trinajstić information content (AvgIpc) is 2.37. The minimum atomic E-state index is -0.931. The Labute approximate surface area is 122 Å². The van der Waals surface area contributed by atoms with Gasteiger partial charge < -0.3 is 15.2 Å². The van der Waals surface area contributed by atoms with Crippen LogP contribution in [0.5, 0.6) is 0 Å². The molecule has 1 aromatic carbocycles. The number of aliphatic carboxylic acids is 1. The number of amides is 2. The lowest BCUT2D eigenvalue weighted by atomic mass is 10.0. The summed E-state index contributed by atoms with van der Waals surface area (Å²) in [6.07, 6.45) is -0.549. The topological polar surface area (TPSA) is 105 Å². The SMILES string of the molecule is COC(=O)Nc1cccc(NC(=O)CC(C)CC(=O)O)c1. The minimum absolute atomic E-state index is 0.0582. The molecule has 0 aliphatic heterocycles. The summed E-state index contributed by atoms with van der Waals surface area (Å²) in [6, 6.07) is 6.57. The standard InChI is InChI=1S/C14H18N2O5/c1-9(7-13(18)19)6-12(17)15-10-4-3-5-11(8-10)16-14(20)21-2/h3-5,8-9H,6-7H2,1-2H3,(H,15,17)(H,16,20)(H,18,19). The summed E-state index contributed by atoms with van der Waals surface area (Å²) in [5.74, 6) is -1.46. The van der Waals surface area contributed by atoms with E-state index in [0.717, 1.165) is 0 Å². The van der Waals surface area contributed by atoms with Gasteiger partial charge in [0.05, 0.1) is 7.11 Å². The fourth-order valence-corrected chi connectivity index (χ4v) is 1.74. The second-order valence-electron chi connectivity index (χ2n) is 4.65. The summed E-state index contributed by atoms with van der Waals surface area (Å²) in [5, 5.41) is 13.8. The van der Waals surface area contributed by atoms with E-state index in [1.54, 1.807) is 31.2 Å². The lowest BCUT2D eigenvalue weighted by molar-refractivity contribution is -0.138. The summed E-state index contributed by atoms with van der Waals surface area (Å²) in [5.41, 5.74) is 0.995. The van der Waals surface area contributed by atoms with Gasteiger partial charge in [-0.3, -0.25) is 14.9 Å². The second-order valence-corrected chi connectivity index (χ2v) is 4.65. The molecule has 1 aromatic rings. The van der Waals surface area contributed by atoms with E-state index in [9.17, 15) is 14.4 Å². The molecular weight excluding hydrogens is 276 g/mol. The molecule has 0 aliphatic carbocycles. The normalized spacial score (nSPS) is 11.3. The summed E-state index contributed by atoms with van der Waals surface area (Å²) in [7, 11) is 1.25. The maximum atomic E-state index is 11.8. The van der Waals surface area contributed by atoms with Crippen molar-refractivity contribution in [3.8, 4) is 0 Å². The van der Waals surface area contributed by atoms with E-state index in [-0.39, 0.29) is 24.7 Å². The minimum Gasteiger partial charge on any atom is -0.481 e. The smallest absolute Gasteiger partial charge is 0.411 e. The molecule has 0 aromatic heterocycles. The first-order valence-electron chi connectivity index (χ1n) is 6.37. The number of carbonyl (C=O) groups is 3. The molecule has 0 fully saturated rings. The van der Waals surface area contributed by atoms with E-state index in [2.05, 4.69) is 15.4 Å². The van der Waals surface area contributed by atoms with E-state index in [1.165, 1.54) is 7.11 Å². The summed E-state index contributed by atoms with van der Waals surface area (Å²) in [6.45, 7) is 1.70. The van der Waals surface area contributed by atoms with Gasteiger partial charge in [0.1, 0.15) is 0 Å². The van der Waals surface area contributed by atoms with Crippen molar-refractivity contribution in [2.24, 2.45) is 5.92 Å². The highest BCUT2D eigenvalue weighted by atomic mass is 16.5. The van der Waals surface area contributed by atoms with Crippen LogP contribution in [0.15, 0.2) is 24.3 Å². The maximum absolute atomic E-state index is 11.8. The number of hydrogen-bond donors (Lipinski definition) is 3. The average molecular weight is 294 g/mol. The first-order chi connectivity index (χ1) is 9.90. The fourth-order valence-electron chi connectivity index (χ4n) is 1.74. The molecule has 0 radical (unpaired) electrons. The molecule has 1 unspecified atom stereocenters. The summed E-state index contributed by atoms with van der Waals surface area (Å²) in [4.78, 5) is 33.4. The van der Waals surface area contributed by atoms with Crippen LogP contribution in [0, 0.1) is 5.92 Å². The van der Waals surface area contributed by atoms with Crippen molar-refractivity contribution in [3.63, 3.8) is 0 Å². The fraction of sp³-hybridized carbons (Fsp3) is 0.357. The zero-order chi connectivity index (χ0) is 15.8. The molecule has 1 atom stereocenters. The van der Waals surface area contributed by atoms with Crippen LogP contribution in [-0.4, -0.2) is 30.2 Å². The number of anilines is 2. The zero-order valence-corrected chi connectivity index (χ0v) is 11.9. The third kappa shape index (κ3) is 6.42. The number of benzene rings is 1. The van der Waals surface area contributed by atoms with Crippen molar-refractivity contribution in [3.05, 3.63) is 24.3 Å². The maximum Gasteiger partial charge on any atom is 0.411 e. The van der Waals surface area contributed by atoms with Crippen LogP contribution >= 0.6 is 0 Å². The number of rotatable bonds is 6. The van der Waals surface area contributed by atoms with Gasteiger partial charge in [0.2, 0.25) is 5.91 Å². The van der Waals surface area contributed by atoms with Crippen molar-refractivity contribution in [1.82, 2.24) is 0 Å². The largest absolute Gasteiger partial charge is 0.481 e. The van der Waals surface area contributed by atoms with Gasteiger partial charge in [-0.1, -0.05) is 13.0 Å². The zero-order valence-electron chi connectivity index (χ0n) is 11.9. The van der Waals surface area contributed by atoms with E-state index < -0.39 is 12.1 Å². The van der Waals surface area contributed by atoms with Crippen molar-refractivity contribution in [2.75, 3.05) is 17.7 Å². The molecule has 0 bridgehead atoms. The van der Waals surface area contributed by atoms with Crippen molar-refractivity contribution in [1.29, 1.82) is 0 Å². The Balaban J connectivity index is 2.58. The first-order valence-corrected chi connectivity index (χ1v) is 6.37. The number of ether oxygens (including phenoxy) is 1. The number of nitrogens with one attached hydrogen (secondary N) is 2. The molecule has 114 valence electrons. The molecule has 0 aliphatic rings. The lowest BCUT2D eigenvalue weighted by Gasteiger charge is -2.10. The van der Waals surface area contributed by atoms with Gasteiger partial charge in [0, 0.05) is 24.2 Å². The molecule has 3 N–H and O–H groups in total. The van der Waals surface area contributed by atoms with E-state index in [0.29, 0.717) is 11.4 Å². The van der Waals surface area contributed by atoms with Gasteiger partial charge in [0.15, 0.2) is 0 Å². The third-order valence-electron chi connectivity index (χ3n) is 2.64. The molecule has 0 spiro atoms. The Hall–Kier alpha value is -2.57. The Morgan fingerprint density at radius 2 is 1.81 bits per heavy atom. The Kier molecular flexibility index (Phi) is 6.19. The molecule has 1 rings (SSSR count). The van der Waals surface area contributed by atoms with E-state index in [1.807, 2.05) is 0 Å². The molecule has 0 heterocycles. The van der Waals surface area contributed by atoms with Gasteiger partial charge in [-0.05, 0) is 24.1 Å². The van der Waals surface area contributed by atoms with Crippen LogP contribution < -0.4 is 10.6 Å². The molecule has 2 amide bonds. The van der Waals surface area contributed by atoms with Crippen molar-refractivity contribution < 1.29 is 24.2 Å². The predicted octanol–water partition coefficient (Wildman–Crippen LogP) is 2.30. The highest BCUT2D eigenvalue weighted by Crippen LogP contribution is 2.16. The quantitative estimate of drug-likeness (QED) is 0.746. The van der Waals surface area contributed by atoms with Crippen LogP contribution in [0.25, 0.3) is 0 Å². The van der Waals surface area contributed by atoms with Gasteiger partial charge in [-0.15, -0.1) is 0 Å². The third-order valence-corrected chi connectivity index (χ3v) is 2.64. The summed E-state index contributed by atoms with van der Waals surface area (Å²) < 4.78 is 4.47. The molecule has 7 heteroatoms. The molecule has 0 saturated carbocycles. The molecule has 0 saturated heterocycles. The van der Waals surface area contributed by atoms with Gasteiger partial charge in [0.25, 0.3) is 0 Å². The Morgan fingerprint density at radius 3 is 2.38 bits per heavy atom. The van der Waals surface area contributed by atoms with Crippen LogP contribution in [0.3, 0.4) is 0 Å². The van der Waals surface area contributed by atoms with Crippen LogP contribution in [0.4, 0.5) is 16.2 Å². The Morgan fingerprint density at radius 1 is 1.19 bits per heavy atom. The monoisotopic (exact) mass is 294 g/mol. The first kappa shape index (κ1) is 16.5. The van der Waals surface area contributed by atoms with Crippen LogP contribution in [0.2, 0.25) is 0 Å². The van der Waals surface area contributed by atoms with Gasteiger partial charge in [-0.25, -0.2) is 4.79 Å². The van der Waals surface area contributed by atoms with Gasteiger partial charge in [-0.2, -0.15) is 0 Å². The van der Waals surface area contributed by atoms with E-state index >= 15 is 0 Å². The number of hydrogen-bond acceptors (Lipinski definition) is 4. The number of carbonyl (C=O) groups excluding carboxylic acids is 2. The van der Waals surface area contributed by atoms with Crippen molar-refractivity contribution in [2.45, 2.75) is 19.8 Å². The molecule has 7 nitrogen and oxygen atoms in total. The Bertz CT molecular complexity index is 530. The summed E-state index contributed by atoms with van der Waals surface area (Å²) >= 11 is 0. The number of carboxylic acids is 1. The highest BCUT2D eigenvalue weighted by molar-refractivity contribution is 5.92. The van der Waals surface area contributed by atoms with Crippen LogP contribution in [-0.2, 0) is 14.3 Å². The molecule has 21 heavy (non-hydrogen) atoms. The van der Waals surface area contributed by atoms with E-state index in [4.69, 9.17) is 5.11 Å². The van der Waals surface area contributed by atoms with Crippen LogP contribution in [0.1, 0.15) is 19.8 Å². The highest BCUT2D eigenvalue weighted by Gasteiger charge is 2.13. The second kappa shape index (κ2) is 7.88. The number of carboxylic acid groups (broad SMARTS) is 1.